The molecule has 1 N–H and O–H groups in total. The molecule has 1 saturated heterocycles. The Bertz CT molecular complexity index is 1320. The summed E-state index contributed by atoms with van der Waals surface area (Å²) in [6, 6.07) is 3.31. The first-order valence-electron chi connectivity index (χ1n) is 10.9. The number of hydrogen-bond acceptors (Lipinski definition) is 7. The zero-order chi connectivity index (χ0) is 23.3. The molecule has 3 aromatic rings. The fraction of sp³-hybridized carbons (Fsp3) is 0.476. The molecule has 176 valence electrons. The molecule has 0 aliphatic carbocycles. The second-order valence-electron chi connectivity index (χ2n) is 8.64. The molecule has 0 unspecified atom stereocenters. The van der Waals surface area contributed by atoms with Crippen LogP contribution in [0.4, 0.5) is 16.3 Å². The van der Waals surface area contributed by atoms with Crippen molar-refractivity contribution in [2.75, 3.05) is 43.2 Å². The largest absolute Gasteiger partial charge is 0.351 e. The number of anilines is 2. The fourth-order valence-corrected chi connectivity index (χ4v) is 5.61. The minimum atomic E-state index is -3.19. The summed E-state index contributed by atoms with van der Waals surface area (Å²) >= 11 is 6.41. The van der Waals surface area contributed by atoms with Crippen molar-refractivity contribution in [1.29, 1.82) is 0 Å². The van der Waals surface area contributed by atoms with Crippen LogP contribution in [0.25, 0.3) is 22.3 Å². The smallest absolute Gasteiger partial charge is 0.223 e. The van der Waals surface area contributed by atoms with E-state index in [0.717, 1.165) is 25.5 Å². The molecule has 2 aliphatic heterocycles. The van der Waals surface area contributed by atoms with Gasteiger partial charge in [-0.25, -0.2) is 32.1 Å². The lowest BCUT2D eigenvalue weighted by molar-refractivity contribution is 0.331. The minimum absolute atomic E-state index is 0.0358. The van der Waals surface area contributed by atoms with Gasteiger partial charge in [-0.1, -0.05) is 11.6 Å². The third-order valence-corrected chi connectivity index (χ3v) is 7.86. The lowest BCUT2D eigenvalue weighted by Crippen LogP contribution is -2.42. The van der Waals surface area contributed by atoms with Gasteiger partial charge in [0.15, 0.2) is 5.82 Å². The van der Waals surface area contributed by atoms with Crippen molar-refractivity contribution in [2.24, 2.45) is 0 Å². The van der Waals surface area contributed by atoms with Gasteiger partial charge >= 0.3 is 0 Å². The molecular weight excluding hydrogens is 469 g/mol. The van der Waals surface area contributed by atoms with Crippen LogP contribution in [0.5, 0.6) is 0 Å². The Balaban J connectivity index is 1.44. The fourth-order valence-electron chi connectivity index (χ4n) is 4.54. The third-order valence-electron chi connectivity index (χ3n) is 6.28. The summed E-state index contributed by atoms with van der Waals surface area (Å²) in [7, 11) is -1.23. The number of benzene rings is 1. The molecule has 12 heteroatoms. The number of imidazole rings is 1. The maximum absolute atomic E-state index is 15.0. The predicted octanol–water partition coefficient (Wildman–Crippen LogP) is 2.96. The van der Waals surface area contributed by atoms with E-state index in [1.807, 2.05) is 22.6 Å². The molecule has 9 nitrogen and oxygen atoms in total. The Morgan fingerprint density at radius 1 is 1.15 bits per heavy atom. The zero-order valence-electron chi connectivity index (χ0n) is 18.4. The second-order valence-corrected chi connectivity index (χ2v) is 11.0. The van der Waals surface area contributed by atoms with E-state index in [4.69, 9.17) is 11.6 Å². The predicted molar refractivity (Wildman–Crippen MR) is 127 cm³/mol. The monoisotopic (exact) mass is 493 g/mol. The molecular formula is C21H25ClFN7O2S. The molecule has 2 aromatic heterocycles. The van der Waals surface area contributed by atoms with Gasteiger partial charge in [0, 0.05) is 44.8 Å². The Kier molecular flexibility index (Phi) is 5.66. The number of halogens is 2. The summed E-state index contributed by atoms with van der Waals surface area (Å²) in [6.45, 7) is 2.54. The standard InChI is InChI=1S/C21H25ClFN7O2S/c1-28-6-3-7-30-17-11-13(10-16(23)19(17)27-21(28)30)18-15(22)12-24-20(26-18)25-14-4-8-29(9-5-14)33(2,31)32/h10-12,14H,3-9H2,1-2H3,(H,24,25,26). The van der Waals surface area contributed by atoms with E-state index < -0.39 is 15.8 Å². The van der Waals surface area contributed by atoms with E-state index in [1.165, 1.54) is 22.8 Å². The van der Waals surface area contributed by atoms with Gasteiger partial charge in [-0.3, -0.25) is 0 Å². The first-order chi connectivity index (χ1) is 15.7. The van der Waals surface area contributed by atoms with Crippen molar-refractivity contribution in [2.45, 2.75) is 31.8 Å². The molecule has 4 heterocycles. The van der Waals surface area contributed by atoms with E-state index in [-0.39, 0.29) is 6.04 Å². The Hall–Kier alpha value is -2.50. The summed E-state index contributed by atoms with van der Waals surface area (Å²) in [5.41, 5.74) is 2.04. The highest BCUT2D eigenvalue weighted by Crippen LogP contribution is 2.34. The molecule has 0 spiro atoms. The topological polar surface area (TPSA) is 96.3 Å². The van der Waals surface area contributed by atoms with Crippen LogP contribution < -0.4 is 10.2 Å². The van der Waals surface area contributed by atoms with Gasteiger partial charge in [0.1, 0.15) is 5.52 Å². The Morgan fingerprint density at radius 2 is 1.91 bits per heavy atom. The maximum atomic E-state index is 15.0. The average molecular weight is 494 g/mol. The van der Waals surface area contributed by atoms with Crippen LogP contribution in [0.3, 0.4) is 0 Å². The lowest BCUT2D eigenvalue weighted by Gasteiger charge is -2.30. The first kappa shape index (κ1) is 22.3. The number of sulfonamides is 1. The van der Waals surface area contributed by atoms with Gasteiger partial charge in [0.25, 0.3) is 0 Å². The van der Waals surface area contributed by atoms with Gasteiger partial charge in [0.2, 0.25) is 21.9 Å². The van der Waals surface area contributed by atoms with Gasteiger partial charge < -0.3 is 14.8 Å². The molecule has 0 bridgehead atoms. The van der Waals surface area contributed by atoms with E-state index in [1.54, 1.807) is 0 Å². The number of aromatic nitrogens is 4. The van der Waals surface area contributed by atoms with E-state index >= 15 is 4.39 Å². The molecule has 33 heavy (non-hydrogen) atoms. The molecule has 1 fully saturated rings. The van der Waals surface area contributed by atoms with Gasteiger partial charge in [-0.2, -0.15) is 0 Å². The summed E-state index contributed by atoms with van der Waals surface area (Å²) < 4.78 is 42.0. The van der Waals surface area contributed by atoms with Crippen molar-refractivity contribution in [1.82, 2.24) is 23.8 Å². The van der Waals surface area contributed by atoms with Crippen molar-refractivity contribution >= 4 is 44.6 Å². The van der Waals surface area contributed by atoms with Crippen molar-refractivity contribution in [3.8, 4) is 11.3 Å². The van der Waals surface area contributed by atoms with Crippen LogP contribution in [0.1, 0.15) is 19.3 Å². The van der Waals surface area contributed by atoms with Crippen LogP contribution >= 0.6 is 11.6 Å². The molecule has 0 atom stereocenters. The number of piperidine rings is 1. The van der Waals surface area contributed by atoms with Gasteiger partial charge in [-0.05, 0) is 31.4 Å². The number of nitrogens with one attached hydrogen (secondary N) is 1. The quantitative estimate of drug-likeness (QED) is 0.596. The number of fused-ring (bicyclic) bond motifs is 3. The van der Waals surface area contributed by atoms with Crippen molar-refractivity contribution in [3.63, 3.8) is 0 Å². The molecule has 2 aliphatic rings. The molecule has 5 rings (SSSR count). The highest BCUT2D eigenvalue weighted by molar-refractivity contribution is 7.88. The minimum Gasteiger partial charge on any atom is -0.351 e. The molecule has 0 radical (unpaired) electrons. The van der Waals surface area contributed by atoms with Crippen LogP contribution in [0, 0.1) is 5.82 Å². The highest BCUT2D eigenvalue weighted by Gasteiger charge is 2.26. The number of hydrogen-bond donors (Lipinski definition) is 1. The number of rotatable bonds is 4. The van der Waals surface area contributed by atoms with Crippen molar-refractivity contribution in [3.05, 3.63) is 29.2 Å². The lowest BCUT2D eigenvalue weighted by atomic mass is 10.1. The average Bonchev–Trinajstić information content (AvgIpc) is 3.16. The van der Waals surface area contributed by atoms with Crippen LogP contribution in [-0.4, -0.2) is 71.2 Å². The Labute approximate surface area is 196 Å². The maximum Gasteiger partial charge on any atom is 0.223 e. The number of aryl methyl sites for hydroxylation is 1. The highest BCUT2D eigenvalue weighted by atomic mass is 35.5. The SMILES string of the molecule is CN1CCCn2c1nc1c(F)cc(-c3nc(NC4CCN(S(C)(=O)=O)CC4)ncc3Cl)cc12. The van der Waals surface area contributed by atoms with Gasteiger partial charge in [0.05, 0.1) is 28.7 Å². The third kappa shape index (κ3) is 4.24. The van der Waals surface area contributed by atoms with Crippen LogP contribution in [-0.2, 0) is 16.6 Å². The van der Waals surface area contributed by atoms with E-state index in [0.29, 0.717) is 59.2 Å². The number of nitrogens with zero attached hydrogens (tertiary/aromatic N) is 6. The Morgan fingerprint density at radius 3 is 2.64 bits per heavy atom. The molecule has 0 amide bonds. The molecule has 0 saturated carbocycles. The van der Waals surface area contributed by atoms with E-state index in [9.17, 15) is 8.42 Å². The zero-order valence-corrected chi connectivity index (χ0v) is 20.0. The second kappa shape index (κ2) is 8.37. The summed E-state index contributed by atoms with van der Waals surface area (Å²) in [5, 5.41) is 3.59. The van der Waals surface area contributed by atoms with E-state index in [2.05, 4.69) is 20.3 Å². The summed E-state index contributed by atoms with van der Waals surface area (Å²) in [6.07, 6.45) is 4.97. The summed E-state index contributed by atoms with van der Waals surface area (Å²) in [5.74, 6) is 0.710. The molecule has 1 aromatic carbocycles. The normalized spacial score (nSPS) is 18.0. The van der Waals surface area contributed by atoms with Crippen LogP contribution in [0.15, 0.2) is 18.3 Å². The van der Waals surface area contributed by atoms with Crippen molar-refractivity contribution < 1.29 is 12.8 Å². The van der Waals surface area contributed by atoms with Gasteiger partial charge in [-0.15, -0.1) is 0 Å². The summed E-state index contributed by atoms with van der Waals surface area (Å²) in [4.78, 5) is 15.4. The van der Waals surface area contributed by atoms with Crippen LogP contribution in [0.2, 0.25) is 5.02 Å². The first-order valence-corrected chi connectivity index (χ1v) is 13.1.